The quantitative estimate of drug-likeness (QED) is 0.360. The third kappa shape index (κ3) is 7.00. The van der Waals surface area contributed by atoms with Gasteiger partial charge in [0.2, 0.25) is 0 Å². The monoisotopic (exact) mass is 446 g/mol. The predicted octanol–water partition coefficient (Wildman–Crippen LogP) is 5.86. The summed E-state index contributed by atoms with van der Waals surface area (Å²) in [6.07, 6.45) is 0. The van der Waals surface area contributed by atoms with E-state index in [1.165, 1.54) is 43.5 Å². The van der Waals surface area contributed by atoms with Gasteiger partial charge in [-0.2, -0.15) is 0 Å². The highest BCUT2D eigenvalue weighted by atomic mass is 32.2. The van der Waals surface area contributed by atoms with Gasteiger partial charge in [-0.05, 0) is 60.7 Å². The van der Waals surface area contributed by atoms with E-state index >= 15 is 0 Å². The van der Waals surface area contributed by atoms with Crippen LogP contribution in [0.1, 0.15) is 21.3 Å². The Hall–Kier alpha value is -3.59. The fourth-order valence-corrected chi connectivity index (χ4v) is 3.39. The van der Waals surface area contributed by atoms with Crippen molar-refractivity contribution in [1.29, 1.82) is 0 Å². The van der Waals surface area contributed by atoms with Crippen molar-refractivity contribution in [3.05, 3.63) is 82.9 Å². The van der Waals surface area contributed by atoms with E-state index in [1.807, 2.05) is 13.8 Å². The third-order valence-corrected chi connectivity index (χ3v) is 5.16. The molecule has 0 aromatic heterocycles. The summed E-state index contributed by atoms with van der Waals surface area (Å²) in [5, 5.41) is 10.7. The van der Waals surface area contributed by atoms with Crippen LogP contribution in [0.3, 0.4) is 0 Å². The number of rotatable bonds is 7. The van der Waals surface area contributed by atoms with Gasteiger partial charge in [-0.3, -0.25) is 14.8 Å². The van der Waals surface area contributed by atoms with Gasteiger partial charge in [-0.25, -0.2) is 8.42 Å². The first kappa shape index (κ1) is 25.4. The Morgan fingerprint density at radius 1 is 0.806 bits per heavy atom. The van der Waals surface area contributed by atoms with Crippen LogP contribution in [0.2, 0.25) is 0 Å². The highest BCUT2D eigenvalue weighted by Crippen LogP contribution is 2.26. The smallest absolute Gasteiger partial charge is 0.269 e. The number of methoxy groups -OCH3 is 1. The Labute approximate surface area is 182 Å². The maximum absolute atomic E-state index is 12.4. The summed E-state index contributed by atoms with van der Waals surface area (Å²) in [6, 6.07) is 18.0. The number of anilines is 1. The molecule has 3 aromatic rings. The van der Waals surface area contributed by atoms with Crippen LogP contribution in [-0.4, -0.2) is 20.5 Å². The summed E-state index contributed by atoms with van der Waals surface area (Å²) >= 11 is 0. The number of hydrogen-bond acceptors (Lipinski definition) is 6. The predicted molar refractivity (Wildman–Crippen MR) is 121 cm³/mol. The lowest BCUT2D eigenvalue weighted by Crippen LogP contribution is -2.12. The summed E-state index contributed by atoms with van der Waals surface area (Å²) in [5.41, 5.74) is 0.336. The van der Waals surface area contributed by atoms with Crippen molar-refractivity contribution in [3.8, 4) is 17.2 Å². The van der Waals surface area contributed by atoms with Gasteiger partial charge in [0.05, 0.1) is 16.9 Å². The van der Waals surface area contributed by atoms with E-state index in [2.05, 4.69) is 4.72 Å². The van der Waals surface area contributed by atoms with Crippen molar-refractivity contribution >= 4 is 21.4 Å². The first-order valence-electron chi connectivity index (χ1n) is 9.07. The molecule has 0 aliphatic heterocycles. The molecule has 0 unspecified atom stereocenters. The Balaban J connectivity index is 0.00000156. The maximum Gasteiger partial charge on any atom is 0.269 e. The van der Waals surface area contributed by atoms with Crippen LogP contribution >= 0.6 is 0 Å². The molecule has 0 aliphatic carbocycles. The fourth-order valence-electron chi connectivity index (χ4n) is 2.33. The average Bonchev–Trinajstić information content (AvgIpc) is 2.77. The molecule has 0 bridgehead atoms. The SMILES string of the molecule is C.CC.COc1ccc(S(=O)(=O)Nc2ccc(Oc3ccc([N+](=O)[O-])cc3)cc2)cc1. The lowest BCUT2D eigenvalue weighted by Gasteiger charge is -2.10. The fraction of sp³-hybridized carbons (Fsp3) is 0.182. The van der Waals surface area contributed by atoms with Crippen molar-refractivity contribution in [2.45, 2.75) is 26.2 Å². The molecule has 0 amide bonds. The second-order valence-corrected chi connectivity index (χ2v) is 7.34. The number of nitrogens with one attached hydrogen (secondary N) is 1. The number of nitro benzene ring substituents is 1. The largest absolute Gasteiger partial charge is 0.497 e. The molecule has 0 atom stereocenters. The number of nitro groups is 1. The van der Waals surface area contributed by atoms with Crippen molar-refractivity contribution in [2.24, 2.45) is 0 Å². The van der Waals surface area contributed by atoms with Gasteiger partial charge in [-0.1, -0.05) is 21.3 Å². The van der Waals surface area contributed by atoms with Crippen LogP contribution in [0, 0.1) is 10.1 Å². The van der Waals surface area contributed by atoms with Gasteiger partial charge in [0, 0.05) is 17.8 Å². The van der Waals surface area contributed by atoms with E-state index < -0.39 is 14.9 Å². The van der Waals surface area contributed by atoms with Gasteiger partial charge in [-0.15, -0.1) is 0 Å². The molecule has 0 spiro atoms. The molecule has 31 heavy (non-hydrogen) atoms. The van der Waals surface area contributed by atoms with Gasteiger partial charge in [0.1, 0.15) is 17.2 Å². The van der Waals surface area contributed by atoms with Crippen molar-refractivity contribution in [2.75, 3.05) is 11.8 Å². The van der Waals surface area contributed by atoms with Crippen molar-refractivity contribution in [3.63, 3.8) is 0 Å². The van der Waals surface area contributed by atoms with Gasteiger partial charge in [0.25, 0.3) is 15.7 Å². The molecule has 3 rings (SSSR count). The molecular formula is C22H26N2O6S. The minimum absolute atomic E-state index is 0. The van der Waals surface area contributed by atoms with E-state index in [-0.39, 0.29) is 18.0 Å². The van der Waals surface area contributed by atoms with Crippen molar-refractivity contribution in [1.82, 2.24) is 0 Å². The van der Waals surface area contributed by atoms with Crippen LogP contribution in [0.4, 0.5) is 11.4 Å². The zero-order valence-corrected chi connectivity index (χ0v) is 17.5. The maximum atomic E-state index is 12.4. The van der Waals surface area contributed by atoms with Crippen molar-refractivity contribution < 1.29 is 22.8 Å². The molecule has 1 N–H and O–H groups in total. The Bertz CT molecular complexity index is 1060. The van der Waals surface area contributed by atoms with Crippen LogP contribution in [0.15, 0.2) is 77.7 Å². The lowest BCUT2D eigenvalue weighted by molar-refractivity contribution is -0.384. The zero-order valence-electron chi connectivity index (χ0n) is 16.7. The first-order chi connectivity index (χ1) is 14.4. The van der Waals surface area contributed by atoms with E-state index in [1.54, 1.807) is 36.4 Å². The molecule has 0 saturated carbocycles. The number of hydrogen-bond donors (Lipinski definition) is 1. The summed E-state index contributed by atoms with van der Waals surface area (Å²) in [4.78, 5) is 10.3. The van der Waals surface area contributed by atoms with Crippen LogP contribution < -0.4 is 14.2 Å². The van der Waals surface area contributed by atoms with Gasteiger partial charge < -0.3 is 9.47 Å². The second kappa shape index (κ2) is 11.6. The second-order valence-electron chi connectivity index (χ2n) is 5.66. The van der Waals surface area contributed by atoms with Gasteiger partial charge >= 0.3 is 0 Å². The standard InChI is InChI=1S/C19H16N2O6S.C2H6.CH4/c1-26-16-10-12-19(13-11-16)28(24,25)20-14-2-6-17(7-3-14)27-18-8-4-15(5-9-18)21(22)23;1-2;/h2-13,20H,1H3;1-2H3;1H4. The van der Waals surface area contributed by atoms with E-state index in [9.17, 15) is 18.5 Å². The molecule has 166 valence electrons. The average molecular weight is 447 g/mol. The highest BCUT2D eigenvalue weighted by Gasteiger charge is 2.14. The molecule has 0 saturated heterocycles. The molecule has 0 heterocycles. The Morgan fingerprint density at radius 2 is 1.26 bits per heavy atom. The number of ether oxygens (including phenoxy) is 2. The lowest BCUT2D eigenvalue weighted by atomic mass is 10.3. The summed E-state index contributed by atoms with van der Waals surface area (Å²) in [7, 11) is -2.23. The molecular weight excluding hydrogens is 420 g/mol. The molecule has 8 nitrogen and oxygen atoms in total. The number of benzene rings is 3. The third-order valence-electron chi connectivity index (χ3n) is 3.76. The van der Waals surface area contributed by atoms with Crippen LogP contribution in [-0.2, 0) is 10.0 Å². The molecule has 3 aromatic carbocycles. The van der Waals surface area contributed by atoms with Gasteiger partial charge in [0.15, 0.2) is 0 Å². The molecule has 0 radical (unpaired) electrons. The summed E-state index contributed by atoms with van der Waals surface area (Å²) in [6.45, 7) is 4.00. The number of nitrogens with zero attached hydrogens (tertiary/aromatic N) is 1. The minimum atomic E-state index is -3.73. The van der Waals surface area contributed by atoms with E-state index in [0.717, 1.165) is 0 Å². The van der Waals surface area contributed by atoms with E-state index in [4.69, 9.17) is 9.47 Å². The molecule has 9 heteroatoms. The Morgan fingerprint density at radius 3 is 1.71 bits per heavy atom. The highest BCUT2D eigenvalue weighted by molar-refractivity contribution is 7.92. The van der Waals surface area contributed by atoms with Crippen LogP contribution in [0.25, 0.3) is 0 Å². The van der Waals surface area contributed by atoms with Crippen LogP contribution in [0.5, 0.6) is 17.2 Å². The number of non-ortho nitro benzene ring substituents is 1. The molecule has 0 aliphatic rings. The summed E-state index contributed by atoms with van der Waals surface area (Å²) < 4.78 is 37.9. The summed E-state index contributed by atoms with van der Waals surface area (Å²) in [5.74, 6) is 1.45. The molecule has 0 fully saturated rings. The minimum Gasteiger partial charge on any atom is -0.497 e. The number of sulfonamides is 1. The zero-order chi connectivity index (χ0) is 22.1. The topological polar surface area (TPSA) is 108 Å². The Kier molecular flexibility index (Phi) is 9.49. The van der Waals surface area contributed by atoms with E-state index in [0.29, 0.717) is 22.9 Å². The first-order valence-corrected chi connectivity index (χ1v) is 10.5. The normalized spacial score (nSPS) is 10.0.